The summed E-state index contributed by atoms with van der Waals surface area (Å²) >= 11 is 0. The van der Waals surface area contributed by atoms with E-state index < -0.39 is 0 Å². The van der Waals surface area contributed by atoms with Crippen molar-refractivity contribution in [3.63, 3.8) is 0 Å². The number of hydrogen-bond donors (Lipinski definition) is 0. The van der Waals surface area contributed by atoms with Crippen molar-refractivity contribution in [3.8, 4) is 16.9 Å². The fraction of sp³-hybridized carbons (Fsp3) is 0.150. The fourth-order valence-electron chi connectivity index (χ4n) is 2.87. The van der Waals surface area contributed by atoms with E-state index in [2.05, 4.69) is 0 Å². The van der Waals surface area contributed by atoms with Crippen LogP contribution in [0.2, 0.25) is 0 Å². The lowest BCUT2D eigenvalue weighted by molar-refractivity contribution is 0.159. The highest BCUT2D eigenvalue weighted by Gasteiger charge is 2.24. The smallest absolute Gasteiger partial charge is 0.200 e. The molecule has 0 saturated carbocycles. The Bertz CT molecular complexity index is 979. The average Bonchev–Trinajstić information content (AvgIpc) is 2.54. The summed E-state index contributed by atoms with van der Waals surface area (Å²) in [7, 11) is 0. The van der Waals surface area contributed by atoms with Crippen LogP contribution in [0.3, 0.4) is 0 Å². The SMILES string of the molecule is CC1(C)C=Cc2c(ccc3c(=O)c(-c4ccccc4)coc23)O1. The zero-order chi connectivity index (χ0) is 16.0. The van der Waals surface area contributed by atoms with Crippen LogP contribution in [0.25, 0.3) is 28.2 Å². The van der Waals surface area contributed by atoms with Crippen LogP contribution in [-0.2, 0) is 0 Å². The van der Waals surface area contributed by atoms with Gasteiger partial charge in [-0.05, 0) is 43.7 Å². The van der Waals surface area contributed by atoms with E-state index in [0.717, 1.165) is 16.9 Å². The highest BCUT2D eigenvalue weighted by atomic mass is 16.5. The number of ether oxygens (including phenoxy) is 1. The van der Waals surface area contributed by atoms with Gasteiger partial charge < -0.3 is 9.15 Å². The van der Waals surface area contributed by atoms with E-state index in [1.165, 1.54) is 6.26 Å². The van der Waals surface area contributed by atoms with Gasteiger partial charge in [0.25, 0.3) is 0 Å². The molecule has 1 aliphatic rings. The predicted octanol–water partition coefficient (Wildman–Crippen LogP) is 4.64. The van der Waals surface area contributed by atoms with Gasteiger partial charge in [-0.2, -0.15) is 0 Å². The first-order chi connectivity index (χ1) is 11.1. The summed E-state index contributed by atoms with van der Waals surface area (Å²) in [6, 6.07) is 13.2. The van der Waals surface area contributed by atoms with Gasteiger partial charge in [-0.3, -0.25) is 4.79 Å². The van der Waals surface area contributed by atoms with E-state index in [4.69, 9.17) is 9.15 Å². The molecule has 1 aromatic heterocycles. The van der Waals surface area contributed by atoms with E-state index in [-0.39, 0.29) is 11.0 Å². The Morgan fingerprint density at radius 1 is 1.00 bits per heavy atom. The van der Waals surface area contributed by atoms with Crippen LogP contribution in [0, 0.1) is 0 Å². The Hall–Kier alpha value is -2.81. The van der Waals surface area contributed by atoms with Gasteiger partial charge in [0.1, 0.15) is 23.2 Å². The summed E-state index contributed by atoms with van der Waals surface area (Å²) in [6.07, 6.45) is 5.47. The molecular weight excluding hydrogens is 288 g/mol. The molecule has 23 heavy (non-hydrogen) atoms. The summed E-state index contributed by atoms with van der Waals surface area (Å²) < 4.78 is 11.7. The largest absolute Gasteiger partial charge is 0.483 e. The van der Waals surface area contributed by atoms with Gasteiger partial charge in [0, 0.05) is 0 Å². The molecule has 0 N–H and O–H groups in total. The quantitative estimate of drug-likeness (QED) is 0.657. The highest BCUT2D eigenvalue weighted by molar-refractivity contribution is 5.91. The van der Waals surface area contributed by atoms with Crippen molar-refractivity contribution in [2.75, 3.05) is 0 Å². The third-order valence-electron chi connectivity index (χ3n) is 4.05. The minimum absolute atomic E-state index is 0.0292. The maximum atomic E-state index is 12.8. The monoisotopic (exact) mass is 304 g/mol. The molecule has 2 aromatic carbocycles. The second kappa shape index (κ2) is 4.85. The normalized spacial score (nSPS) is 15.2. The zero-order valence-corrected chi connectivity index (χ0v) is 13.0. The first-order valence-corrected chi connectivity index (χ1v) is 7.57. The molecular formula is C20H16O3. The van der Waals surface area contributed by atoms with E-state index in [9.17, 15) is 4.79 Å². The van der Waals surface area contributed by atoms with Crippen LogP contribution in [0.1, 0.15) is 19.4 Å². The lowest BCUT2D eigenvalue weighted by Crippen LogP contribution is -2.27. The lowest BCUT2D eigenvalue weighted by Gasteiger charge is -2.27. The van der Waals surface area contributed by atoms with Crippen molar-refractivity contribution >= 4 is 17.0 Å². The van der Waals surface area contributed by atoms with E-state index >= 15 is 0 Å². The number of hydrogen-bond acceptors (Lipinski definition) is 3. The molecule has 114 valence electrons. The van der Waals surface area contributed by atoms with Crippen LogP contribution in [0.5, 0.6) is 5.75 Å². The molecule has 3 heteroatoms. The third kappa shape index (κ3) is 2.25. The maximum Gasteiger partial charge on any atom is 0.200 e. The molecule has 0 unspecified atom stereocenters. The van der Waals surface area contributed by atoms with Crippen LogP contribution in [0.15, 0.2) is 64.0 Å². The Labute approximate surface area is 133 Å². The van der Waals surface area contributed by atoms with Gasteiger partial charge in [0.05, 0.1) is 16.5 Å². The molecule has 0 atom stereocenters. The average molecular weight is 304 g/mol. The van der Waals surface area contributed by atoms with E-state index in [0.29, 0.717) is 16.5 Å². The van der Waals surface area contributed by atoms with Gasteiger partial charge in [0.2, 0.25) is 5.43 Å². The third-order valence-corrected chi connectivity index (χ3v) is 4.05. The van der Waals surface area contributed by atoms with Crippen molar-refractivity contribution in [3.05, 3.63) is 70.6 Å². The first kappa shape index (κ1) is 13.8. The van der Waals surface area contributed by atoms with E-state index in [1.54, 1.807) is 6.07 Å². The minimum Gasteiger partial charge on any atom is -0.483 e. The Kier molecular flexibility index (Phi) is 2.91. The maximum absolute atomic E-state index is 12.8. The minimum atomic E-state index is -0.356. The van der Waals surface area contributed by atoms with Crippen molar-refractivity contribution in [1.29, 1.82) is 0 Å². The Morgan fingerprint density at radius 2 is 1.78 bits per heavy atom. The summed E-state index contributed by atoms with van der Waals surface area (Å²) in [4.78, 5) is 12.8. The van der Waals surface area contributed by atoms with Gasteiger partial charge in [-0.1, -0.05) is 30.3 Å². The van der Waals surface area contributed by atoms with Crippen LogP contribution in [0.4, 0.5) is 0 Å². The fourth-order valence-corrected chi connectivity index (χ4v) is 2.87. The van der Waals surface area contributed by atoms with Gasteiger partial charge >= 0.3 is 0 Å². The van der Waals surface area contributed by atoms with Crippen molar-refractivity contribution in [1.82, 2.24) is 0 Å². The molecule has 2 heterocycles. The topological polar surface area (TPSA) is 39.4 Å². The molecule has 0 spiro atoms. The number of rotatable bonds is 1. The number of benzene rings is 2. The van der Waals surface area contributed by atoms with Crippen molar-refractivity contribution in [2.24, 2.45) is 0 Å². The lowest BCUT2D eigenvalue weighted by atomic mass is 9.99. The summed E-state index contributed by atoms with van der Waals surface area (Å²) in [5.41, 5.74) is 2.43. The van der Waals surface area contributed by atoms with Gasteiger partial charge in [-0.15, -0.1) is 0 Å². The van der Waals surface area contributed by atoms with Gasteiger partial charge in [-0.25, -0.2) is 0 Å². The molecule has 0 fully saturated rings. The molecule has 0 saturated heterocycles. The van der Waals surface area contributed by atoms with Gasteiger partial charge in [0.15, 0.2) is 0 Å². The van der Waals surface area contributed by atoms with Crippen molar-refractivity contribution < 1.29 is 9.15 Å². The predicted molar refractivity (Wildman–Crippen MR) is 91.7 cm³/mol. The molecule has 3 aromatic rings. The molecule has 3 nitrogen and oxygen atoms in total. The molecule has 1 aliphatic heterocycles. The molecule has 0 aliphatic carbocycles. The molecule has 0 radical (unpaired) electrons. The second-order valence-electron chi connectivity index (χ2n) is 6.24. The van der Waals surface area contributed by atoms with Crippen LogP contribution < -0.4 is 10.2 Å². The number of fused-ring (bicyclic) bond motifs is 3. The summed E-state index contributed by atoms with van der Waals surface area (Å²) in [5, 5.41) is 0.568. The second-order valence-corrected chi connectivity index (χ2v) is 6.24. The van der Waals surface area contributed by atoms with E-state index in [1.807, 2.05) is 62.4 Å². The molecule has 0 amide bonds. The standard InChI is InChI=1S/C20H16O3/c1-20(2)11-10-14-17(23-20)9-8-15-18(21)16(12-22-19(14)15)13-6-4-3-5-7-13/h3-12H,1-2H3. The first-order valence-electron chi connectivity index (χ1n) is 7.57. The Morgan fingerprint density at radius 3 is 2.57 bits per heavy atom. The molecule has 4 rings (SSSR count). The van der Waals surface area contributed by atoms with Crippen molar-refractivity contribution in [2.45, 2.75) is 19.4 Å². The highest BCUT2D eigenvalue weighted by Crippen LogP contribution is 2.35. The Balaban J connectivity index is 1.96. The zero-order valence-electron chi connectivity index (χ0n) is 13.0. The molecule has 0 bridgehead atoms. The van der Waals surface area contributed by atoms with Crippen LogP contribution in [-0.4, -0.2) is 5.60 Å². The summed E-state index contributed by atoms with van der Waals surface area (Å²) in [5.74, 6) is 0.737. The summed E-state index contributed by atoms with van der Waals surface area (Å²) in [6.45, 7) is 3.98. The van der Waals surface area contributed by atoms with Crippen LogP contribution >= 0.6 is 0 Å².